The van der Waals surface area contributed by atoms with Gasteiger partial charge in [0, 0.05) is 19.2 Å². The number of methoxy groups -OCH3 is 1. The van der Waals surface area contributed by atoms with Crippen LogP contribution in [-0.4, -0.2) is 60.0 Å². The summed E-state index contributed by atoms with van der Waals surface area (Å²) in [5, 5.41) is 2.44. The fourth-order valence-electron chi connectivity index (χ4n) is 3.38. The third-order valence-electron chi connectivity index (χ3n) is 5.03. The average molecular weight is 504 g/mol. The minimum absolute atomic E-state index is 0.0153. The molecule has 0 atom stereocenters. The van der Waals surface area contributed by atoms with Crippen molar-refractivity contribution in [3.05, 3.63) is 48.0 Å². The second kappa shape index (κ2) is 9.61. The van der Waals surface area contributed by atoms with Gasteiger partial charge < -0.3 is 10.1 Å². The monoisotopic (exact) mass is 503 g/mol. The van der Waals surface area contributed by atoms with Crippen LogP contribution in [0, 0.1) is 11.6 Å². The lowest BCUT2D eigenvalue weighted by molar-refractivity contribution is -0.114. The van der Waals surface area contributed by atoms with Gasteiger partial charge in [0.15, 0.2) is 11.6 Å². The highest BCUT2D eigenvalue weighted by atomic mass is 32.2. The van der Waals surface area contributed by atoms with E-state index in [9.17, 15) is 30.4 Å². The summed E-state index contributed by atoms with van der Waals surface area (Å²) in [6.07, 6.45) is 2.32. The standard InChI is InChI=1S/C20H23F2N3O6S2/c1-31-19-8-6-15(33(29,30)24-9-3-4-10-24)12-18(19)23-20(26)13-25(32(2,27)28)14-5-7-16(21)17(22)11-14/h5-8,11-12H,3-4,9-10,13H2,1-2H3,(H,23,26). The van der Waals surface area contributed by atoms with Crippen LogP contribution < -0.4 is 14.4 Å². The third kappa shape index (κ3) is 5.60. The maximum Gasteiger partial charge on any atom is 0.245 e. The molecule has 0 spiro atoms. The minimum atomic E-state index is -4.04. The number of nitrogens with zero attached hydrogens (tertiary/aromatic N) is 2. The number of hydrogen-bond acceptors (Lipinski definition) is 6. The van der Waals surface area contributed by atoms with Gasteiger partial charge in [-0.2, -0.15) is 4.31 Å². The lowest BCUT2D eigenvalue weighted by Gasteiger charge is -2.22. The summed E-state index contributed by atoms with van der Waals surface area (Å²) >= 11 is 0. The SMILES string of the molecule is COc1ccc(S(=O)(=O)N2CCCC2)cc1NC(=O)CN(c1ccc(F)c(F)c1)S(C)(=O)=O. The molecule has 9 nitrogen and oxygen atoms in total. The molecule has 3 rings (SSSR count). The molecule has 0 radical (unpaired) electrons. The van der Waals surface area contributed by atoms with Crippen LogP contribution in [0.5, 0.6) is 5.75 Å². The molecule has 13 heteroatoms. The Kier molecular flexibility index (Phi) is 7.24. The molecule has 1 amide bonds. The molecular formula is C20H23F2N3O6S2. The van der Waals surface area contributed by atoms with Gasteiger partial charge in [0.2, 0.25) is 26.0 Å². The fraction of sp³-hybridized carbons (Fsp3) is 0.350. The zero-order chi connectivity index (χ0) is 24.4. The van der Waals surface area contributed by atoms with Crippen molar-refractivity contribution >= 4 is 37.3 Å². The van der Waals surface area contributed by atoms with E-state index in [0.717, 1.165) is 31.2 Å². The molecule has 0 aliphatic carbocycles. The van der Waals surface area contributed by atoms with E-state index in [0.29, 0.717) is 23.5 Å². The molecule has 0 saturated carbocycles. The Bertz CT molecular complexity index is 1260. The van der Waals surface area contributed by atoms with Crippen LogP contribution in [0.25, 0.3) is 0 Å². The predicted octanol–water partition coefficient (Wildman–Crippen LogP) is 2.16. The van der Waals surface area contributed by atoms with Crippen molar-refractivity contribution < 1.29 is 35.1 Å². The third-order valence-corrected chi connectivity index (χ3v) is 8.06. The summed E-state index contributed by atoms with van der Waals surface area (Å²) in [7, 11) is -6.50. The molecule has 33 heavy (non-hydrogen) atoms. The largest absolute Gasteiger partial charge is 0.495 e. The number of rotatable bonds is 8. The molecule has 1 aliphatic rings. The van der Waals surface area contributed by atoms with Crippen LogP contribution in [-0.2, 0) is 24.8 Å². The lowest BCUT2D eigenvalue weighted by Crippen LogP contribution is -2.37. The summed E-state index contributed by atoms with van der Waals surface area (Å²) in [6, 6.07) is 6.39. The van der Waals surface area contributed by atoms with Gasteiger partial charge in [-0.15, -0.1) is 0 Å². The number of halogens is 2. The number of sulfonamides is 2. The maximum absolute atomic E-state index is 13.6. The molecule has 2 aromatic carbocycles. The van der Waals surface area contributed by atoms with E-state index in [4.69, 9.17) is 4.74 Å². The first kappa shape index (κ1) is 24.9. The van der Waals surface area contributed by atoms with Crippen LogP contribution in [0.3, 0.4) is 0 Å². The van der Waals surface area contributed by atoms with E-state index in [2.05, 4.69) is 5.32 Å². The van der Waals surface area contributed by atoms with E-state index in [1.54, 1.807) is 0 Å². The minimum Gasteiger partial charge on any atom is -0.495 e. The summed E-state index contributed by atoms with van der Waals surface area (Å²) < 4.78 is 84.1. The number of carbonyl (C=O) groups excluding carboxylic acids is 1. The first-order valence-electron chi connectivity index (χ1n) is 9.84. The van der Waals surface area contributed by atoms with Crippen molar-refractivity contribution in [3.63, 3.8) is 0 Å². The van der Waals surface area contributed by atoms with Crippen LogP contribution in [0.15, 0.2) is 41.3 Å². The number of hydrogen-bond donors (Lipinski definition) is 1. The highest BCUT2D eigenvalue weighted by Gasteiger charge is 2.28. The number of anilines is 2. The van der Waals surface area contributed by atoms with Crippen LogP contribution in [0.1, 0.15) is 12.8 Å². The first-order valence-corrected chi connectivity index (χ1v) is 13.1. The molecule has 1 N–H and O–H groups in total. The molecule has 1 aliphatic heterocycles. The van der Waals surface area contributed by atoms with Gasteiger partial charge in [0.05, 0.1) is 29.6 Å². The molecule has 0 bridgehead atoms. The van der Waals surface area contributed by atoms with E-state index >= 15 is 0 Å². The Morgan fingerprint density at radius 3 is 2.30 bits per heavy atom. The van der Waals surface area contributed by atoms with Gasteiger partial charge in [-0.25, -0.2) is 25.6 Å². The van der Waals surface area contributed by atoms with Crippen molar-refractivity contribution in [2.24, 2.45) is 0 Å². The van der Waals surface area contributed by atoms with Gasteiger partial charge in [-0.05, 0) is 43.2 Å². The zero-order valence-corrected chi connectivity index (χ0v) is 19.5. The quantitative estimate of drug-likeness (QED) is 0.591. The van der Waals surface area contributed by atoms with Crippen molar-refractivity contribution in [1.29, 1.82) is 0 Å². The lowest BCUT2D eigenvalue weighted by atomic mass is 10.2. The topological polar surface area (TPSA) is 113 Å². The Morgan fingerprint density at radius 2 is 1.73 bits per heavy atom. The maximum atomic E-state index is 13.6. The number of ether oxygens (including phenoxy) is 1. The van der Waals surface area contributed by atoms with Gasteiger partial charge in [-0.3, -0.25) is 9.10 Å². The molecule has 180 valence electrons. The molecule has 0 unspecified atom stereocenters. The van der Waals surface area contributed by atoms with Gasteiger partial charge >= 0.3 is 0 Å². The molecule has 1 heterocycles. The van der Waals surface area contributed by atoms with Gasteiger partial charge in [0.25, 0.3) is 0 Å². The fourth-order valence-corrected chi connectivity index (χ4v) is 5.78. The van der Waals surface area contributed by atoms with Gasteiger partial charge in [-0.1, -0.05) is 0 Å². The predicted molar refractivity (Wildman–Crippen MR) is 118 cm³/mol. The van der Waals surface area contributed by atoms with Crippen molar-refractivity contribution in [1.82, 2.24) is 4.31 Å². The van der Waals surface area contributed by atoms with Crippen LogP contribution in [0.4, 0.5) is 20.2 Å². The normalized spacial score (nSPS) is 14.8. The first-order chi connectivity index (χ1) is 15.4. The molecule has 1 fully saturated rings. The van der Waals surface area contributed by atoms with Gasteiger partial charge in [0.1, 0.15) is 12.3 Å². The van der Waals surface area contributed by atoms with Crippen molar-refractivity contribution in [2.75, 3.05) is 42.6 Å². The summed E-state index contributed by atoms with van der Waals surface area (Å²) in [5.74, 6) is -3.14. The van der Waals surface area contributed by atoms with E-state index in [-0.39, 0.29) is 22.0 Å². The number of nitrogens with one attached hydrogen (secondary N) is 1. The Balaban J connectivity index is 1.88. The van der Waals surface area contributed by atoms with E-state index in [1.807, 2.05) is 0 Å². The van der Waals surface area contributed by atoms with E-state index in [1.165, 1.54) is 29.6 Å². The van der Waals surface area contributed by atoms with Crippen molar-refractivity contribution in [3.8, 4) is 5.75 Å². The Morgan fingerprint density at radius 1 is 1.06 bits per heavy atom. The van der Waals surface area contributed by atoms with Crippen molar-refractivity contribution in [2.45, 2.75) is 17.7 Å². The average Bonchev–Trinajstić information content (AvgIpc) is 3.29. The molecule has 0 aromatic heterocycles. The zero-order valence-electron chi connectivity index (χ0n) is 17.9. The van der Waals surface area contributed by atoms with Crippen LogP contribution >= 0.6 is 0 Å². The molecular weight excluding hydrogens is 480 g/mol. The number of amides is 1. The number of benzene rings is 2. The summed E-state index contributed by atoms with van der Waals surface area (Å²) in [5.41, 5.74) is -0.231. The van der Waals surface area contributed by atoms with Crippen LogP contribution in [0.2, 0.25) is 0 Å². The second-order valence-electron chi connectivity index (χ2n) is 7.39. The smallest absolute Gasteiger partial charge is 0.245 e. The molecule has 2 aromatic rings. The Labute approximate surface area is 191 Å². The second-order valence-corrected chi connectivity index (χ2v) is 11.2. The summed E-state index contributed by atoms with van der Waals surface area (Å²) in [6.45, 7) is 0.0252. The van der Waals surface area contributed by atoms with E-state index < -0.39 is 44.1 Å². The summed E-state index contributed by atoms with van der Waals surface area (Å²) in [4.78, 5) is 12.6. The number of carbonyl (C=O) groups is 1. The Hall–Kier alpha value is -2.77. The highest BCUT2D eigenvalue weighted by Crippen LogP contribution is 2.30. The highest BCUT2D eigenvalue weighted by molar-refractivity contribution is 7.92. The molecule has 1 saturated heterocycles.